The van der Waals surface area contributed by atoms with Crippen LogP contribution in [-0.2, 0) is 10.8 Å². The summed E-state index contributed by atoms with van der Waals surface area (Å²) in [6.07, 6.45) is 1.51. The Morgan fingerprint density at radius 3 is 2.01 bits per heavy atom. The van der Waals surface area contributed by atoms with Gasteiger partial charge in [0.1, 0.15) is 35.5 Å². The van der Waals surface area contributed by atoms with E-state index in [-0.39, 0.29) is 71.4 Å². The molecule has 8 aromatic carbocycles. The summed E-state index contributed by atoms with van der Waals surface area (Å²) in [4.78, 5) is 9.23. The zero-order chi connectivity index (χ0) is 55.8. The van der Waals surface area contributed by atoms with Crippen LogP contribution in [-0.4, -0.2) is 16.2 Å². The SMILES string of the molecule is [2H]c1c([2H])c(C(C)(C)C)c([2H])c([2H])c1-c1cccc2c1N1CN(c3cccc(c3)Oc3ccc4c5c([2H])c(C(C)(C)C)c([2H])c([2H])c5n(c4c3)-c3cc(C([2H])([2H])[2H])c(cn3)-c3cccc(c3)Oc3ccccc3-2)c2ccccc21. The number of benzene rings is 8. The normalized spacial score (nSPS) is 15.5. The molecule has 0 N–H and O–H groups in total. The molecule has 6 nitrogen and oxygen atoms in total. The molecule has 5 heterocycles. The lowest BCUT2D eigenvalue weighted by atomic mass is 9.86. The van der Waals surface area contributed by atoms with Crippen LogP contribution in [0.25, 0.3) is 61.0 Å². The van der Waals surface area contributed by atoms with E-state index in [0.29, 0.717) is 83.9 Å². The Kier molecular flexibility index (Phi) is 7.57. The molecule has 0 aliphatic carbocycles. The summed E-state index contributed by atoms with van der Waals surface area (Å²) >= 11 is 0. The summed E-state index contributed by atoms with van der Waals surface area (Å²) in [6.45, 7) is 9.01. The number of hydrogen-bond donors (Lipinski definition) is 0. The van der Waals surface area contributed by atoms with Crippen molar-refractivity contribution in [2.45, 2.75) is 59.2 Å². The van der Waals surface area contributed by atoms with Gasteiger partial charge in [0, 0.05) is 61.2 Å². The van der Waals surface area contributed by atoms with E-state index in [9.17, 15) is 9.60 Å². The Hall–Kier alpha value is -8.09. The van der Waals surface area contributed by atoms with Crippen LogP contribution in [0.15, 0.2) is 188 Å². The van der Waals surface area contributed by atoms with Crippen LogP contribution in [0.5, 0.6) is 23.0 Å². The van der Waals surface area contributed by atoms with Crippen LogP contribution in [0.1, 0.15) is 71.9 Å². The number of rotatable bonds is 1. The van der Waals surface area contributed by atoms with Crippen molar-refractivity contribution in [1.29, 1.82) is 0 Å². The van der Waals surface area contributed by atoms with Gasteiger partial charge >= 0.3 is 0 Å². The third kappa shape index (κ3) is 7.39. The molecule has 0 fully saturated rings. The standard InChI is InChI=1S/C63H54N4O2/c1-40-33-60-64-38-54(40)42-15-12-17-46(34-42)69-59-24-11-8-19-51(59)52-21-14-20-49(41-25-27-43(28-26-41)62(2,3)4)61(52)66-39-65(56-22-9-10-23-57(56)66)45-16-13-18-47(36-45)68-48-30-31-50-53-35-44(63(5,6)7)29-32-55(53)67(60)58(50)37-48/h8-38H,39H2,1-7H3/i1D3,25D,26D,27D,28D,29D,32D,35D. The molecule has 0 unspecified atom stereocenters. The second-order valence-corrected chi connectivity index (χ2v) is 19.7. The van der Waals surface area contributed by atoms with Crippen LogP contribution in [0, 0.1) is 6.85 Å². The molecule has 0 spiro atoms. The van der Waals surface area contributed by atoms with Gasteiger partial charge in [-0.2, -0.15) is 0 Å². The van der Waals surface area contributed by atoms with Gasteiger partial charge in [-0.1, -0.05) is 138 Å². The highest BCUT2D eigenvalue weighted by atomic mass is 16.5. The summed E-state index contributed by atoms with van der Waals surface area (Å²) in [5.74, 6) is 1.92. The predicted molar refractivity (Wildman–Crippen MR) is 286 cm³/mol. The van der Waals surface area contributed by atoms with Crippen LogP contribution in [0.3, 0.4) is 0 Å². The molecule has 0 atom stereocenters. The van der Waals surface area contributed by atoms with E-state index in [4.69, 9.17) is 18.6 Å². The summed E-state index contributed by atoms with van der Waals surface area (Å²) in [7, 11) is 0. The highest BCUT2D eigenvalue weighted by molar-refractivity contribution is 6.10. The fourth-order valence-electron chi connectivity index (χ4n) is 9.45. The van der Waals surface area contributed by atoms with Gasteiger partial charge in [-0.3, -0.25) is 4.57 Å². The molecular weight excluding hydrogens is 845 g/mol. The Balaban J connectivity index is 1.14. The number of nitrogens with zero attached hydrogens (tertiary/aromatic N) is 4. The number of pyridine rings is 1. The second kappa shape index (κ2) is 16.0. The largest absolute Gasteiger partial charge is 0.457 e. The lowest BCUT2D eigenvalue weighted by molar-refractivity contribution is 0.483. The maximum atomic E-state index is 9.65. The Labute approximate surface area is 418 Å². The quantitative estimate of drug-likeness (QED) is 0.164. The zero-order valence-corrected chi connectivity index (χ0v) is 39.2. The first kappa shape index (κ1) is 32.6. The van der Waals surface area contributed by atoms with Gasteiger partial charge in [-0.05, 0) is 118 Å². The minimum Gasteiger partial charge on any atom is -0.457 e. The Morgan fingerprint density at radius 2 is 1.22 bits per heavy atom. The van der Waals surface area contributed by atoms with Crippen molar-refractivity contribution in [2.75, 3.05) is 16.5 Å². The third-order valence-electron chi connectivity index (χ3n) is 13.0. The molecule has 0 amide bonds. The van der Waals surface area contributed by atoms with E-state index in [1.54, 1.807) is 41.0 Å². The van der Waals surface area contributed by atoms with Crippen molar-refractivity contribution in [3.63, 3.8) is 0 Å². The van der Waals surface area contributed by atoms with E-state index in [2.05, 4.69) is 9.80 Å². The Bertz CT molecular complexity index is 4170. The summed E-state index contributed by atoms with van der Waals surface area (Å²) in [5, 5.41) is 1.04. The average molecular weight is 909 g/mol. The Morgan fingerprint density at radius 1 is 0.536 bits per heavy atom. The topological polar surface area (TPSA) is 42.8 Å². The van der Waals surface area contributed by atoms with Gasteiger partial charge in [-0.25, -0.2) is 4.98 Å². The second-order valence-electron chi connectivity index (χ2n) is 19.7. The molecule has 2 aromatic heterocycles. The molecule has 0 saturated heterocycles. The molecule has 3 aliphatic heterocycles. The fourth-order valence-corrected chi connectivity index (χ4v) is 9.45. The van der Waals surface area contributed by atoms with Crippen molar-refractivity contribution in [2.24, 2.45) is 0 Å². The molecular formula is C63H54N4O2. The average Bonchev–Trinajstić information content (AvgIpc) is 3.89. The maximum Gasteiger partial charge on any atom is 0.137 e. The lowest BCUT2D eigenvalue weighted by Crippen LogP contribution is -2.25. The molecule has 10 aromatic rings. The molecule has 13 rings (SSSR count). The molecule has 3 aliphatic rings. The van der Waals surface area contributed by atoms with Gasteiger partial charge in [0.25, 0.3) is 0 Å². The number of ether oxygens (including phenoxy) is 2. The molecule has 0 saturated carbocycles. The minimum atomic E-state index is -2.66. The minimum absolute atomic E-state index is 0.0201. The number of anilines is 4. The number of fused-ring (bicyclic) bond motifs is 5. The number of para-hydroxylation sites is 4. The highest BCUT2D eigenvalue weighted by Crippen LogP contribution is 2.52. The molecule has 69 heavy (non-hydrogen) atoms. The summed E-state index contributed by atoms with van der Waals surface area (Å²) in [5.41, 5.74) is 6.02. The van der Waals surface area contributed by atoms with Gasteiger partial charge in [-0.15, -0.1) is 0 Å². The van der Waals surface area contributed by atoms with E-state index in [1.165, 1.54) is 12.3 Å². The van der Waals surface area contributed by atoms with Crippen LogP contribution >= 0.6 is 0 Å². The monoisotopic (exact) mass is 908 g/mol. The van der Waals surface area contributed by atoms with Gasteiger partial charge in [0.2, 0.25) is 0 Å². The number of aromatic nitrogens is 2. The first-order valence-corrected chi connectivity index (χ1v) is 23.1. The first-order chi connectivity index (χ1) is 37.5. The third-order valence-corrected chi connectivity index (χ3v) is 13.0. The summed E-state index contributed by atoms with van der Waals surface area (Å²) < 4.78 is 109. The number of aryl methyl sites for hydroxylation is 1. The van der Waals surface area contributed by atoms with Gasteiger partial charge in [0.15, 0.2) is 0 Å². The first-order valence-electron chi connectivity index (χ1n) is 28.1. The zero-order valence-electron chi connectivity index (χ0n) is 49.2. The van der Waals surface area contributed by atoms with Crippen LogP contribution < -0.4 is 19.3 Å². The van der Waals surface area contributed by atoms with E-state index < -0.39 is 17.7 Å². The lowest BCUT2D eigenvalue weighted by Gasteiger charge is -2.28. The highest BCUT2D eigenvalue weighted by Gasteiger charge is 2.32. The van der Waals surface area contributed by atoms with Crippen molar-refractivity contribution < 1.29 is 23.2 Å². The van der Waals surface area contributed by atoms with E-state index >= 15 is 0 Å². The molecule has 338 valence electrons. The van der Waals surface area contributed by atoms with Crippen LogP contribution in [0.4, 0.5) is 22.7 Å². The molecule has 10 bridgehead atoms. The van der Waals surface area contributed by atoms with Gasteiger partial charge in [0.05, 0.1) is 37.7 Å². The smallest absolute Gasteiger partial charge is 0.137 e. The number of hydrogen-bond acceptors (Lipinski definition) is 5. The molecule has 0 radical (unpaired) electrons. The maximum absolute atomic E-state index is 9.65. The van der Waals surface area contributed by atoms with Crippen molar-refractivity contribution in [3.05, 3.63) is 205 Å². The van der Waals surface area contributed by atoms with Crippen molar-refractivity contribution >= 4 is 44.6 Å². The van der Waals surface area contributed by atoms with Crippen molar-refractivity contribution in [1.82, 2.24) is 9.55 Å². The molecule has 6 heteroatoms. The predicted octanol–water partition coefficient (Wildman–Crippen LogP) is 17.2. The van der Waals surface area contributed by atoms with E-state index in [0.717, 1.165) is 17.1 Å². The summed E-state index contributed by atoms with van der Waals surface area (Å²) in [6, 6.07) is 42.3. The fraction of sp³-hybridized carbons (Fsp3) is 0.159. The van der Waals surface area contributed by atoms with E-state index in [1.807, 2.05) is 139 Å². The van der Waals surface area contributed by atoms with Crippen molar-refractivity contribution in [3.8, 4) is 62.2 Å². The van der Waals surface area contributed by atoms with Crippen LogP contribution in [0.2, 0.25) is 0 Å². The van der Waals surface area contributed by atoms with Gasteiger partial charge < -0.3 is 19.3 Å².